The van der Waals surface area contributed by atoms with Crippen molar-refractivity contribution in [2.24, 2.45) is 0 Å². The molecule has 3 unspecified atom stereocenters. The standard InChI is InChI=1S/C35H65N2O6P/c1-6-8-10-12-14-16-17-18-19-21-23-25-27-29-35(39)36-33(32-43-44(40,41)42-31-30-37(3,4)5)34(38)28-26-24-22-20-15-13-11-9-7-2/h8,10,14,16,18-19,23,25,33-34,38H,6-7,9,11-13,15,17,20-22,24,26-32H2,1-5H3,(H-,36,39,40,41)/p+1/b10-8-,16-14-,19-18-,25-23-. The van der Waals surface area contributed by atoms with Crippen molar-refractivity contribution in [1.29, 1.82) is 0 Å². The number of quaternary nitrogens is 1. The number of nitrogens with one attached hydrogen (secondary N) is 1. The normalized spacial score (nSPS) is 15.5. The zero-order valence-corrected chi connectivity index (χ0v) is 29.5. The molecule has 8 nitrogen and oxygen atoms in total. The molecule has 0 spiro atoms. The number of unbranched alkanes of at least 4 members (excludes halogenated alkanes) is 8. The predicted molar refractivity (Wildman–Crippen MR) is 184 cm³/mol. The maximum Gasteiger partial charge on any atom is 0.472 e. The predicted octanol–water partition coefficient (Wildman–Crippen LogP) is 8.18. The minimum absolute atomic E-state index is 0.0597. The number of allylic oxidation sites excluding steroid dienone is 8. The number of aliphatic hydroxyl groups excluding tert-OH is 1. The number of hydrogen-bond donors (Lipinski definition) is 3. The lowest BCUT2D eigenvalue weighted by molar-refractivity contribution is -0.870. The van der Waals surface area contributed by atoms with E-state index < -0.39 is 20.0 Å². The van der Waals surface area contributed by atoms with E-state index in [9.17, 15) is 19.4 Å². The van der Waals surface area contributed by atoms with Gasteiger partial charge in [-0.15, -0.1) is 0 Å². The van der Waals surface area contributed by atoms with Crippen molar-refractivity contribution >= 4 is 13.7 Å². The second kappa shape index (κ2) is 27.7. The van der Waals surface area contributed by atoms with E-state index in [0.717, 1.165) is 44.9 Å². The SMILES string of the molecule is CC/C=C\C/C=C\C/C=C\C/C=C\CCC(=O)NC(COP(=O)(O)OCC[N+](C)(C)C)C(O)CCCCCCCCCCC. The minimum atomic E-state index is -4.32. The van der Waals surface area contributed by atoms with Crippen molar-refractivity contribution in [2.75, 3.05) is 40.9 Å². The summed E-state index contributed by atoms with van der Waals surface area (Å²) in [6.45, 7) is 4.64. The number of phosphoric acid groups is 1. The summed E-state index contributed by atoms with van der Waals surface area (Å²) in [6.07, 6.45) is 31.6. The molecular weight excluding hydrogens is 575 g/mol. The van der Waals surface area contributed by atoms with Crippen LogP contribution in [0.1, 0.15) is 117 Å². The molecule has 0 fully saturated rings. The number of phosphoric ester groups is 1. The number of hydrogen-bond acceptors (Lipinski definition) is 5. The Morgan fingerprint density at radius 2 is 1.32 bits per heavy atom. The molecule has 0 bridgehead atoms. The first-order chi connectivity index (χ1) is 21.0. The Morgan fingerprint density at radius 3 is 1.86 bits per heavy atom. The van der Waals surface area contributed by atoms with Gasteiger partial charge in [-0.3, -0.25) is 13.8 Å². The van der Waals surface area contributed by atoms with E-state index in [4.69, 9.17) is 9.05 Å². The Hall–Kier alpha value is -1.54. The molecule has 0 aliphatic carbocycles. The Balaban J connectivity index is 4.68. The Bertz CT molecular complexity index is 866. The van der Waals surface area contributed by atoms with E-state index in [1.54, 1.807) is 0 Å². The monoisotopic (exact) mass is 641 g/mol. The highest BCUT2D eigenvalue weighted by Gasteiger charge is 2.28. The highest BCUT2D eigenvalue weighted by molar-refractivity contribution is 7.47. The van der Waals surface area contributed by atoms with Crippen molar-refractivity contribution in [1.82, 2.24) is 5.32 Å². The quantitative estimate of drug-likeness (QED) is 0.0329. The van der Waals surface area contributed by atoms with Gasteiger partial charge in [0.05, 0.1) is 39.9 Å². The number of aliphatic hydroxyl groups is 1. The van der Waals surface area contributed by atoms with E-state index >= 15 is 0 Å². The van der Waals surface area contributed by atoms with Crippen LogP contribution in [-0.4, -0.2) is 73.4 Å². The number of carbonyl (C=O) groups excluding carboxylic acids is 1. The summed E-state index contributed by atoms with van der Waals surface area (Å²) in [5, 5.41) is 13.7. The molecule has 3 atom stereocenters. The van der Waals surface area contributed by atoms with Crippen molar-refractivity contribution in [2.45, 2.75) is 129 Å². The average molecular weight is 642 g/mol. The summed E-state index contributed by atoms with van der Waals surface area (Å²) in [4.78, 5) is 22.8. The van der Waals surface area contributed by atoms with E-state index in [1.807, 2.05) is 33.3 Å². The molecule has 0 radical (unpaired) electrons. The van der Waals surface area contributed by atoms with Crippen LogP contribution in [-0.2, 0) is 18.4 Å². The van der Waals surface area contributed by atoms with Gasteiger partial charge in [0.25, 0.3) is 0 Å². The smallest absolute Gasteiger partial charge is 0.391 e. The second-order valence-electron chi connectivity index (χ2n) is 12.5. The van der Waals surface area contributed by atoms with Crippen LogP contribution in [0.25, 0.3) is 0 Å². The van der Waals surface area contributed by atoms with E-state index in [2.05, 4.69) is 55.6 Å². The molecule has 0 aliphatic rings. The molecule has 1 amide bonds. The van der Waals surface area contributed by atoms with E-state index in [-0.39, 0.29) is 25.5 Å². The van der Waals surface area contributed by atoms with Crippen LogP contribution in [0.4, 0.5) is 0 Å². The van der Waals surface area contributed by atoms with E-state index in [1.165, 1.54) is 38.5 Å². The Labute approximate surface area is 269 Å². The van der Waals surface area contributed by atoms with Gasteiger partial charge in [-0.05, 0) is 38.5 Å². The third kappa shape index (κ3) is 29.2. The molecule has 256 valence electrons. The molecule has 0 saturated carbocycles. The molecule has 0 aromatic heterocycles. The maximum atomic E-state index is 12.7. The lowest BCUT2D eigenvalue weighted by Crippen LogP contribution is -2.46. The van der Waals surface area contributed by atoms with Gasteiger partial charge < -0.3 is 19.8 Å². The van der Waals surface area contributed by atoms with Gasteiger partial charge in [0.1, 0.15) is 13.2 Å². The van der Waals surface area contributed by atoms with Gasteiger partial charge in [-0.1, -0.05) is 120 Å². The topological polar surface area (TPSA) is 105 Å². The summed E-state index contributed by atoms with van der Waals surface area (Å²) in [5.74, 6) is -0.231. The van der Waals surface area contributed by atoms with Gasteiger partial charge in [-0.2, -0.15) is 0 Å². The summed E-state index contributed by atoms with van der Waals surface area (Å²) < 4.78 is 23.3. The molecule has 0 saturated heterocycles. The molecular formula is C35H66N2O6P+. The fourth-order valence-electron chi connectivity index (χ4n) is 4.35. The van der Waals surface area contributed by atoms with Crippen molar-refractivity contribution in [3.63, 3.8) is 0 Å². The molecule has 44 heavy (non-hydrogen) atoms. The number of rotatable bonds is 29. The minimum Gasteiger partial charge on any atom is -0.391 e. The molecule has 0 aromatic rings. The van der Waals surface area contributed by atoms with Crippen LogP contribution in [0.2, 0.25) is 0 Å². The number of nitrogens with zero attached hydrogens (tertiary/aromatic N) is 1. The molecule has 0 heterocycles. The molecule has 9 heteroatoms. The van der Waals surface area contributed by atoms with Crippen LogP contribution < -0.4 is 5.32 Å². The third-order valence-electron chi connectivity index (χ3n) is 7.10. The number of carbonyl (C=O) groups is 1. The van der Waals surface area contributed by atoms with Gasteiger partial charge >= 0.3 is 7.82 Å². The molecule has 3 N–H and O–H groups in total. The summed E-state index contributed by atoms with van der Waals surface area (Å²) in [5.41, 5.74) is 0. The van der Waals surface area contributed by atoms with Crippen molar-refractivity contribution in [3.05, 3.63) is 48.6 Å². The fraction of sp³-hybridized carbons (Fsp3) is 0.743. The van der Waals surface area contributed by atoms with Crippen LogP contribution in [0.3, 0.4) is 0 Å². The Morgan fingerprint density at radius 1 is 0.795 bits per heavy atom. The summed E-state index contributed by atoms with van der Waals surface area (Å²) >= 11 is 0. The summed E-state index contributed by atoms with van der Waals surface area (Å²) in [7, 11) is 1.56. The van der Waals surface area contributed by atoms with Crippen LogP contribution in [0.5, 0.6) is 0 Å². The lowest BCUT2D eigenvalue weighted by atomic mass is 10.0. The Kier molecular flexibility index (Phi) is 26.8. The average Bonchev–Trinajstić information content (AvgIpc) is 2.95. The van der Waals surface area contributed by atoms with Crippen LogP contribution in [0.15, 0.2) is 48.6 Å². The van der Waals surface area contributed by atoms with Crippen molar-refractivity contribution < 1.29 is 32.9 Å². The lowest BCUT2D eigenvalue weighted by Gasteiger charge is -2.26. The first-order valence-corrected chi connectivity index (χ1v) is 18.5. The fourth-order valence-corrected chi connectivity index (χ4v) is 5.08. The second-order valence-corrected chi connectivity index (χ2v) is 14.0. The zero-order chi connectivity index (χ0) is 32.9. The molecule has 0 aromatic carbocycles. The number of amides is 1. The van der Waals surface area contributed by atoms with Gasteiger partial charge in [0, 0.05) is 6.42 Å². The van der Waals surface area contributed by atoms with Gasteiger partial charge in [0.2, 0.25) is 5.91 Å². The first kappa shape index (κ1) is 42.5. The highest BCUT2D eigenvalue weighted by Crippen LogP contribution is 2.43. The maximum absolute atomic E-state index is 12.7. The molecule has 0 rings (SSSR count). The van der Waals surface area contributed by atoms with Gasteiger partial charge in [0.15, 0.2) is 0 Å². The highest BCUT2D eigenvalue weighted by atomic mass is 31.2. The third-order valence-corrected chi connectivity index (χ3v) is 8.09. The van der Waals surface area contributed by atoms with Crippen LogP contribution in [0, 0.1) is 0 Å². The molecule has 0 aliphatic heterocycles. The van der Waals surface area contributed by atoms with Crippen molar-refractivity contribution in [3.8, 4) is 0 Å². The van der Waals surface area contributed by atoms with Crippen LogP contribution >= 0.6 is 7.82 Å². The largest absolute Gasteiger partial charge is 0.472 e. The first-order valence-electron chi connectivity index (χ1n) is 17.0. The number of likely N-dealkylation sites (N-methyl/N-ethyl adjacent to an activating group) is 1. The summed E-state index contributed by atoms with van der Waals surface area (Å²) in [6, 6.07) is -0.795. The zero-order valence-electron chi connectivity index (χ0n) is 28.6. The van der Waals surface area contributed by atoms with E-state index in [0.29, 0.717) is 23.9 Å². The van der Waals surface area contributed by atoms with Gasteiger partial charge in [-0.25, -0.2) is 4.57 Å².